The van der Waals surface area contributed by atoms with Crippen LogP contribution in [0.1, 0.15) is 14.4 Å². The van der Waals surface area contributed by atoms with Gasteiger partial charge in [0.05, 0.1) is 0 Å². The van der Waals surface area contributed by atoms with E-state index in [9.17, 15) is 0 Å². The molecule has 12 heavy (non-hydrogen) atoms. The zero-order valence-corrected chi connectivity index (χ0v) is 6.62. The molecule has 0 atom stereocenters. The number of benzene rings is 1. The Morgan fingerprint density at radius 2 is 1.92 bits per heavy atom. The van der Waals surface area contributed by atoms with E-state index in [1.54, 1.807) is 0 Å². The molecule has 0 spiro atoms. The third-order valence-electron chi connectivity index (χ3n) is 2.02. The SMILES string of the molecule is C.CCn1ccc2ccccc21. The van der Waals surface area contributed by atoms with Crippen molar-refractivity contribution in [2.75, 3.05) is 0 Å². The van der Waals surface area contributed by atoms with Gasteiger partial charge >= 0.3 is 0 Å². The normalized spacial score (nSPS) is 9.75. The summed E-state index contributed by atoms with van der Waals surface area (Å²) in [6.07, 6.45) is 2.13. The summed E-state index contributed by atoms with van der Waals surface area (Å²) >= 11 is 0. The van der Waals surface area contributed by atoms with Crippen LogP contribution in [0.25, 0.3) is 10.9 Å². The van der Waals surface area contributed by atoms with Crippen molar-refractivity contribution in [2.24, 2.45) is 0 Å². The van der Waals surface area contributed by atoms with Gasteiger partial charge in [-0.1, -0.05) is 25.6 Å². The average Bonchev–Trinajstić information content (AvgIpc) is 2.47. The minimum absolute atomic E-state index is 0. The van der Waals surface area contributed by atoms with E-state index in [0.717, 1.165) is 6.54 Å². The molecule has 0 fully saturated rings. The molecule has 0 aliphatic rings. The van der Waals surface area contributed by atoms with Gasteiger partial charge in [-0.2, -0.15) is 0 Å². The van der Waals surface area contributed by atoms with Gasteiger partial charge in [-0.15, -0.1) is 0 Å². The molecule has 1 aromatic carbocycles. The van der Waals surface area contributed by atoms with Crippen molar-refractivity contribution >= 4 is 10.9 Å². The Morgan fingerprint density at radius 1 is 1.17 bits per heavy atom. The first-order valence-corrected chi connectivity index (χ1v) is 3.95. The van der Waals surface area contributed by atoms with Gasteiger partial charge in [-0.05, 0) is 24.4 Å². The zero-order valence-electron chi connectivity index (χ0n) is 6.62. The second kappa shape index (κ2) is 3.44. The smallest absolute Gasteiger partial charge is 0.0480 e. The lowest BCUT2D eigenvalue weighted by atomic mass is 10.2. The van der Waals surface area contributed by atoms with Crippen LogP contribution in [-0.4, -0.2) is 4.57 Å². The van der Waals surface area contributed by atoms with Gasteiger partial charge in [-0.25, -0.2) is 0 Å². The summed E-state index contributed by atoms with van der Waals surface area (Å²) in [7, 11) is 0. The molecular formula is C11H15N. The maximum atomic E-state index is 2.25. The Hall–Kier alpha value is -1.24. The van der Waals surface area contributed by atoms with E-state index >= 15 is 0 Å². The molecule has 1 heteroatoms. The molecule has 2 aromatic rings. The molecule has 0 saturated carbocycles. The van der Waals surface area contributed by atoms with E-state index < -0.39 is 0 Å². The minimum atomic E-state index is 0. The standard InChI is InChI=1S/C10H11N.CH4/c1-2-11-8-7-9-5-3-4-6-10(9)11;/h3-8H,2H2,1H3;1H4. The molecule has 64 valence electrons. The second-order valence-corrected chi connectivity index (χ2v) is 2.66. The predicted molar refractivity (Wildman–Crippen MR) is 54.3 cm³/mol. The van der Waals surface area contributed by atoms with Crippen molar-refractivity contribution in [3.8, 4) is 0 Å². The van der Waals surface area contributed by atoms with Gasteiger partial charge in [0.25, 0.3) is 0 Å². The van der Waals surface area contributed by atoms with Gasteiger partial charge in [0, 0.05) is 18.3 Å². The van der Waals surface area contributed by atoms with E-state index in [2.05, 4.69) is 48.0 Å². The third kappa shape index (κ3) is 1.22. The van der Waals surface area contributed by atoms with Crippen LogP contribution < -0.4 is 0 Å². The topological polar surface area (TPSA) is 4.93 Å². The Balaban J connectivity index is 0.000000720. The van der Waals surface area contributed by atoms with Gasteiger partial charge < -0.3 is 4.57 Å². The number of aromatic nitrogens is 1. The molecule has 1 aromatic heterocycles. The molecule has 1 nitrogen and oxygen atoms in total. The summed E-state index contributed by atoms with van der Waals surface area (Å²) in [5.74, 6) is 0. The van der Waals surface area contributed by atoms with E-state index in [1.807, 2.05) is 0 Å². The van der Waals surface area contributed by atoms with Crippen molar-refractivity contribution in [2.45, 2.75) is 20.9 Å². The quantitative estimate of drug-likeness (QED) is 0.604. The van der Waals surface area contributed by atoms with Gasteiger partial charge in [0.15, 0.2) is 0 Å². The molecule has 0 amide bonds. The number of nitrogens with zero attached hydrogens (tertiary/aromatic N) is 1. The predicted octanol–water partition coefficient (Wildman–Crippen LogP) is 3.30. The molecule has 0 aliphatic carbocycles. The second-order valence-electron chi connectivity index (χ2n) is 2.66. The van der Waals surface area contributed by atoms with E-state index in [0.29, 0.717) is 0 Å². The molecule has 0 bridgehead atoms. The molecule has 0 radical (unpaired) electrons. The first kappa shape index (κ1) is 8.85. The zero-order chi connectivity index (χ0) is 7.68. The summed E-state index contributed by atoms with van der Waals surface area (Å²) < 4.78 is 2.25. The Morgan fingerprint density at radius 3 is 2.67 bits per heavy atom. The number of hydrogen-bond donors (Lipinski definition) is 0. The number of aryl methyl sites for hydroxylation is 1. The highest BCUT2D eigenvalue weighted by atomic mass is 14.9. The number of fused-ring (bicyclic) bond motifs is 1. The first-order valence-electron chi connectivity index (χ1n) is 3.95. The monoisotopic (exact) mass is 161 g/mol. The summed E-state index contributed by atoms with van der Waals surface area (Å²) in [5.41, 5.74) is 1.33. The average molecular weight is 161 g/mol. The fourth-order valence-electron chi connectivity index (χ4n) is 1.42. The lowest BCUT2D eigenvalue weighted by Gasteiger charge is -1.98. The third-order valence-corrected chi connectivity index (χ3v) is 2.02. The molecule has 2 rings (SSSR count). The number of para-hydroxylation sites is 1. The summed E-state index contributed by atoms with van der Waals surface area (Å²) in [5, 5.41) is 1.33. The van der Waals surface area contributed by atoms with Gasteiger partial charge in [-0.3, -0.25) is 0 Å². The van der Waals surface area contributed by atoms with Gasteiger partial charge in [0.2, 0.25) is 0 Å². The fourth-order valence-corrected chi connectivity index (χ4v) is 1.42. The minimum Gasteiger partial charge on any atom is -0.348 e. The molecular weight excluding hydrogens is 146 g/mol. The highest BCUT2D eigenvalue weighted by Gasteiger charge is 1.95. The molecule has 0 N–H and O–H groups in total. The van der Waals surface area contributed by atoms with Crippen molar-refractivity contribution < 1.29 is 0 Å². The van der Waals surface area contributed by atoms with Crippen molar-refractivity contribution in [1.82, 2.24) is 4.57 Å². The van der Waals surface area contributed by atoms with Crippen molar-refractivity contribution in [3.05, 3.63) is 36.5 Å². The van der Waals surface area contributed by atoms with Crippen LogP contribution in [0.4, 0.5) is 0 Å². The maximum Gasteiger partial charge on any atom is 0.0480 e. The lowest BCUT2D eigenvalue weighted by molar-refractivity contribution is 0.798. The van der Waals surface area contributed by atoms with Crippen molar-refractivity contribution in [1.29, 1.82) is 0 Å². The van der Waals surface area contributed by atoms with E-state index in [1.165, 1.54) is 10.9 Å². The van der Waals surface area contributed by atoms with Crippen LogP contribution >= 0.6 is 0 Å². The van der Waals surface area contributed by atoms with Crippen LogP contribution in [0.2, 0.25) is 0 Å². The Bertz CT molecular complexity index is 360. The highest BCUT2D eigenvalue weighted by molar-refractivity contribution is 5.79. The Labute approximate surface area is 73.6 Å². The van der Waals surface area contributed by atoms with Crippen LogP contribution in [-0.2, 0) is 6.54 Å². The highest BCUT2D eigenvalue weighted by Crippen LogP contribution is 2.14. The summed E-state index contributed by atoms with van der Waals surface area (Å²) in [6, 6.07) is 10.6. The maximum absolute atomic E-state index is 2.25. The van der Waals surface area contributed by atoms with E-state index in [4.69, 9.17) is 0 Å². The largest absolute Gasteiger partial charge is 0.348 e. The molecule has 0 unspecified atom stereocenters. The fraction of sp³-hybridized carbons (Fsp3) is 0.273. The van der Waals surface area contributed by atoms with Crippen LogP contribution in [0.15, 0.2) is 36.5 Å². The number of hydrogen-bond acceptors (Lipinski definition) is 0. The van der Waals surface area contributed by atoms with Gasteiger partial charge in [0.1, 0.15) is 0 Å². The summed E-state index contributed by atoms with van der Waals surface area (Å²) in [4.78, 5) is 0. The summed E-state index contributed by atoms with van der Waals surface area (Å²) in [6.45, 7) is 3.21. The van der Waals surface area contributed by atoms with Crippen LogP contribution in [0, 0.1) is 0 Å². The molecule has 0 aliphatic heterocycles. The molecule has 0 saturated heterocycles. The Kier molecular flexibility index (Phi) is 2.54. The lowest BCUT2D eigenvalue weighted by Crippen LogP contribution is -1.89. The van der Waals surface area contributed by atoms with Crippen LogP contribution in [0.3, 0.4) is 0 Å². The first-order chi connectivity index (χ1) is 5.42. The number of rotatable bonds is 1. The van der Waals surface area contributed by atoms with Crippen molar-refractivity contribution in [3.63, 3.8) is 0 Å². The van der Waals surface area contributed by atoms with Crippen LogP contribution in [0.5, 0.6) is 0 Å². The van der Waals surface area contributed by atoms with E-state index in [-0.39, 0.29) is 7.43 Å². The molecule has 1 heterocycles.